The van der Waals surface area contributed by atoms with Gasteiger partial charge in [-0.3, -0.25) is 19.7 Å². The molecule has 1 saturated heterocycles. The molecule has 6 heteroatoms. The molecule has 0 spiro atoms. The number of amides is 1. The Labute approximate surface area is 110 Å². The fourth-order valence-corrected chi connectivity index (χ4v) is 2.36. The summed E-state index contributed by atoms with van der Waals surface area (Å²) in [5.74, 6) is -0.0961. The summed E-state index contributed by atoms with van der Waals surface area (Å²) in [6.45, 7) is 0.719. The van der Waals surface area contributed by atoms with E-state index in [4.69, 9.17) is 0 Å². The van der Waals surface area contributed by atoms with Crippen LogP contribution in [0.1, 0.15) is 35.1 Å². The molecule has 1 amide bonds. The van der Waals surface area contributed by atoms with Crippen LogP contribution in [0.15, 0.2) is 37.2 Å². The number of hydrogen-bond acceptors (Lipinski definition) is 5. The van der Waals surface area contributed by atoms with Gasteiger partial charge in [0.25, 0.3) is 5.91 Å². The van der Waals surface area contributed by atoms with E-state index in [0.29, 0.717) is 5.69 Å². The summed E-state index contributed by atoms with van der Waals surface area (Å²) >= 11 is 0. The fourth-order valence-electron chi connectivity index (χ4n) is 2.36. The van der Waals surface area contributed by atoms with Gasteiger partial charge in [0.1, 0.15) is 5.69 Å². The van der Waals surface area contributed by atoms with Crippen molar-refractivity contribution in [1.82, 2.24) is 24.8 Å². The summed E-state index contributed by atoms with van der Waals surface area (Å²) in [5, 5.41) is 0. The van der Waals surface area contributed by atoms with Gasteiger partial charge < -0.3 is 4.90 Å². The number of carbonyl (C=O) groups excluding carboxylic acids is 1. The molecule has 1 fully saturated rings. The number of nitrogens with zero attached hydrogens (tertiary/aromatic N) is 5. The Morgan fingerprint density at radius 1 is 1.11 bits per heavy atom. The summed E-state index contributed by atoms with van der Waals surface area (Å²) in [6, 6.07) is -0.0109. The minimum absolute atomic E-state index is 0.0109. The van der Waals surface area contributed by atoms with Gasteiger partial charge in [0.15, 0.2) is 0 Å². The molecule has 1 unspecified atom stereocenters. The normalized spacial score (nSPS) is 18.5. The lowest BCUT2D eigenvalue weighted by Gasteiger charge is -2.23. The lowest BCUT2D eigenvalue weighted by Crippen LogP contribution is -2.31. The summed E-state index contributed by atoms with van der Waals surface area (Å²) in [6.07, 6.45) is 11.5. The Balaban J connectivity index is 1.86. The maximum atomic E-state index is 12.4. The molecule has 0 radical (unpaired) electrons. The minimum Gasteiger partial charge on any atom is -0.329 e. The summed E-state index contributed by atoms with van der Waals surface area (Å²) < 4.78 is 0. The van der Waals surface area contributed by atoms with Crippen LogP contribution in [0.3, 0.4) is 0 Å². The SMILES string of the molecule is O=C(c1cnccn1)N1CCCC1c1cnccn1. The highest BCUT2D eigenvalue weighted by Gasteiger charge is 2.32. The maximum absolute atomic E-state index is 12.4. The summed E-state index contributed by atoms with van der Waals surface area (Å²) in [5.41, 5.74) is 1.20. The highest BCUT2D eigenvalue weighted by atomic mass is 16.2. The van der Waals surface area contributed by atoms with Gasteiger partial charge in [-0.2, -0.15) is 0 Å². The van der Waals surface area contributed by atoms with E-state index >= 15 is 0 Å². The zero-order chi connectivity index (χ0) is 13.1. The standard InChI is InChI=1S/C13H13N5O/c19-13(11-9-15-4-6-17-11)18-7-1-2-12(18)10-8-14-3-5-16-10/h3-6,8-9,12H,1-2,7H2. The number of hydrogen-bond donors (Lipinski definition) is 0. The molecule has 0 aliphatic carbocycles. The van der Waals surface area contributed by atoms with E-state index in [0.717, 1.165) is 25.1 Å². The molecular weight excluding hydrogens is 242 g/mol. The third-order valence-corrected chi connectivity index (χ3v) is 3.22. The maximum Gasteiger partial charge on any atom is 0.274 e. The molecule has 2 aromatic heterocycles. The average Bonchev–Trinajstić information content (AvgIpc) is 2.98. The van der Waals surface area contributed by atoms with Crippen molar-refractivity contribution in [2.45, 2.75) is 18.9 Å². The van der Waals surface area contributed by atoms with E-state index < -0.39 is 0 Å². The second-order valence-corrected chi connectivity index (χ2v) is 4.38. The Bertz CT molecular complexity index is 560. The van der Waals surface area contributed by atoms with Gasteiger partial charge >= 0.3 is 0 Å². The molecule has 6 nitrogen and oxygen atoms in total. The van der Waals surface area contributed by atoms with Gasteiger partial charge in [-0.25, -0.2) is 4.98 Å². The van der Waals surface area contributed by atoms with Crippen molar-refractivity contribution in [2.24, 2.45) is 0 Å². The smallest absolute Gasteiger partial charge is 0.274 e. The van der Waals surface area contributed by atoms with Crippen molar-refractivity contribution in [1.29, 1.82) is 0 Å². The van der Waals surface area contributed by atoms with Gasteiger partial charge in [0.2, 0.25) is 0 Å². The number of aromatic nitrogens is 4. The van der Waals surface area contributed by atoms with Crippen LogP contribution in [-0.2, 0) is 0 Å². The second-order valence-electron chi connectivity index (χ2n) is 4.38. The van der Waals surface area contributed by atoms with Crippen LogP contribution in [-0.4, -0.2) is 37.3 Å². The third kappa shape index (κ3) is 2.29. The average molecular weight is 255 g/mol. The van der Waals surface area contributed by atoms with E-state index in [2.05, 4.69) is 19.9 Å². The zero-order valence-corrected chi connectivity index (χ0v) is 10.3. The van der Waals surface area contributed by atoms with Crippen molar-refractivity contribution in [3.8, 4) is 0 Å². The van der Waals surface area contributed by atoms with Crippen LogP contribution >= 0.6 is 0 Å². The van der Waals surface area contributed by atoms with Gasteiger partial charge in [0.05, 0.1) is 24.1 Å². The Kier molecular flexibility index (Phi) is 3.14. The van der Waals surface area contributed by atoms with E-state index in [1.54, 1.807) is 29.7 Å². The lowest BCUT2D eigenvalue weighted by molar-refractivity contribution is 0.0726. The van der Waals surface area contributed by atoms with Crippen molar-refractivity contribution >= 4 is 5.91 Å². The predicted molar refractivity (Wildman–Crippen MR) is 67.1 cm³/mol. The van der Waals surface area contributed by atoms with Crippen LogP contribution in [0, 0.1) is 0 Å². The van der Waals surface area contributed by atoms with E-state index in [1.807, 2.05) is 0 Å². The first-order valence-corrected chi connectivity index (χ1v) is 6.19. The number of likely N-dealkylation sites (tertiary alicyclic amines) is 1. The molecule has 96 valence electrons. The first-order valence-electron chi connectivity index (χ1n) is 6.19. The molecular formula is C13H13N5O. The van der Waals surface area contributed by atoms with E-state index in [-0.39, 0.29) is 11.9 Å². The third-order valence-electron chi connectivity index (χ3n) is 3.22. The molecule has 1 aliphatic rings. The van der Waals surface area contributed by atoms with Crippen molar-refractivity contribution in [3.05, 3.63) is 48.6 Å². The largest absolute Gasteiger partial charge is 0.329 e. The molecule has 0 N–H and O–H groups in total. The van der Waals surface area contributed by atoms with Gasteiger partial charge in [-0.15, -0.1) is 0 Å². The van der Waals surface area contributed by atoms with Crippen LogP contribution in [0.25, 0.3) is 0 Å². The summed E-state index contributed by atoms with van der Waals surface area (Å²) in [4.78, 5) is 30.6. The topological polar surface area (TPSA) is 71.9 Å². The molecule has 19 heavy (non-hydrogen) atoms. The second kappa shape index (κ2) is 5.09. The Hall–Kier alpha value is -2.37. The van der Waals surface area contributed by atoms with E-state index in [9.17, 15) is 4.79 Å². The Morgan fingerprint density at radius 2 is 1.89 bits per heavy atom. The van der Waals surface area contributed by atoms with Crippen molar-refractivity contribution in [2.75, 3.05) is 6.54 Å². The molecule has 3 rings (SSSR count). The minimum atomic E-state index is -0.0961. The first kappa shape index (κ1) is 11.7. The highest BCUT2D eigenvalue weighted by Crippen LogP contribution is 2.31. The van der Waals surface area contributed by atoms with Gasteiger partial charge in [-0.05, 0) is 12.8 Å². The monoisotopic (exact) mass is 255 g/mol. The molecule has 1 aliphatic heterocycles. The van der Waals surface area contributed by atoms with E-state index in [1.165, 1.54) is 12.4 Å². The molecule has 3 heterocycles. The quantitative estimate of drug-likeness (QED) is 0.807. The zero-order valence-electron chi connectivity index (χ0n) is 10.3. The van der Waals surface area contributed by atoms with Crippen molar-refractivity contribution < 1.29 is 4.79 Å². The molecule has 0 saturated carbocycles. The van der Waals surface area contributed by atoms with Crippen LogP contribution < -0.4 is 0 Å². The predicted octanol–water partition coefficient (Wildman–Crippen LogP) is 1.24. The van der Waals surface area contributed by atoms with Crippen LogP contribution in [0.5, 0.6) is 0 Å². The lowest BCUT2D eigenvalue weighted by atomic mass is 10.1. The molecule has 0 aromatic carbocycles. The Morgan fingerprint density at radius 3 is 2.58 bits per heavy atom. The molecule has 2 aromatic rings. The van der Waals surface area contributed by atoms with Gasteiger partial charge in [0, 0.05) is 31.3 Å². The van der Waals surface area contributed by atoms with Crippen molar-refractivity contribution in [3.63, 3.8) is 0 Å². The first-order chi connectivity index (χ1) is 9.36. The van der Waals surface area contributed by atoms with Crippen LogP contribution in [0.2, 0.25) is 0 Å². The fraction of sp³-hybridized carbons (Fsp3) is 0.308. The highest BCUT2D eigenvalue weighted by molar-refractivity contribution is 5.92. The van der Waals surface area contributed by atoms with Gasteiger partial charge in [-0.1, -0.05) is 0 Å². The molecule has 1 atom stereocenters. The number of rotatable bonds is 2. The van der Waals surface area contributed by atoms with Crippen LogP contribution in [0.4, 0.5) is 0 Å². The molecule has 0 bridgehead atoms. The summed E-state index contributed by atoms with van der Waals surface area (Å²) in [7, 11) is 0. The number of carbonyl (C=O) groups is 1.